The van der Waals surface area contributed by atoms with Gasteiger partial charge in [-0.1, -0.05) is 11.6 Å². The van der Waals surface area contributed by atoms with Gasteiger partial charge in [0.15, 0.2) is 0 Å². The van der Waals surface area contributed by atoms with Gasteiger partial charge >= 0.3 is 0 Å². The van der Waals surface area contributed by atoms with E-state index < -0.39 is 10.0 Å². The molecule has 0 spiro atoms. The summed E-state index contributed by atoms with van der Waals surface area (Å²) in [4.78, 5) is 8.16. The topological polar surface area (TPSA) is 98.5 Å². The van der Waals surface area contributed by atoms with E-state index in [0.29, 0.717) is 23.6 Å². The molecule has 0 aliphatic heterocycles. The summed E-state index contributed by atoms with van der Waals surface area (Å²) >= 11 is 5.89. The highest BCUT2D eigenvalue weighted by Crippen LogP contribution is 2.26. The maximum atomic E-state index is 12.4. The number of fused-ring (bicyclic) bond motifs is 1. The van der Waals surface area contributed by atoms with Gasteiger partial charge in [-0.3, -0.25) is 0 Å². The first-order valence-electron chi connectivity index (χ1n) is 7.47. The highest BCUT2D eigenvalue weighted by molar-refractivity contribution is 7.89. The van der Waals surface area contributed by atoms with Crippen molar-refractivity contribution in [3.8, 4) is 5.75 Å². The van der Waals surface area contributed by atoms with Crippen molar-refractivity contribution in [3.63, 3.8) is 0 Å². The van der Waals surface area contributed by atoms with Crippen molar-refractivity contribution in [3.05, 3.63) is 47.5 Å². The van der Waals surface area contributed by atoms with Gasteiger partial charge in [0, 0.05) is 24.0 Å². The van der Waals surface area contributed by atoms with Gasteiger partial charge in [0.2, 0.25) is 10.0 Å². The SMILES string of the molecule is COc1ccc(Cl)cc1S(=O)(=O)NCCCc1cnc2ncnn2c1. The third-order valence-corrected chi connectivity index (χ3v) is 5.25. The van der Waals surface area contributed by atoms with Crippen molar-refractivity contribution in [1.82, 2.24) is 24.3 Å². The van der Waals surface area contributed by atoms with E-state index in [1.807, 2.05) is 6.20 Å². The van der Waals surface area contributed by atoms with E-state index in [9.17, 15) is 8.42 Å². The number of hydrogen-bond acceptors (Lipinski definition) is 6. The Morgan fingerprint density at radius 1 is 1.32 bits per heavy atom. The standard InChI is InChI=1S/C15H16ClN5O3S/c1-24-13-5-4-12(16)7-14(13)25(22,23)20-6-2-3-11-8-17-15-18-10-19-21(15)9-11/h4-5,7-10,20H,2-3,6H2,1H3. The zero-order valence-electron chi connectivity index (χ0n) is 13.4. The number of ether oxygens (including phenoxy) is 1. The van der Waals surface area contributed by atoms with Crippen LogP contribution in [-0.2, 0) is 16.4 Å². The molecule has 0 fully saturated rings. The van der Waals surface area contributed by atoms with E-state index in [-0.39, 0.29) is 17.2 Å². The Morgan fingerprint density at radius 2 is 2.16 bits per heavy atom. The molecule has 0 aliphatic rings. The van der Waals surface area contributed by atoms with E-state index in [1.54, 1.807) is 16.8 Å². The fraction of sp³-hybridized carbons (Fsp3) is 0.267. The summed E-state index contributed by atoms with van der Waals surface area (Å²) in [6.45, 7) is 0.271. The first kappa shape index (κ1) is 17.6. The van der Waals surface area contributed by atoms with E-state index >= 15 is 0 Å². The molecule has 3 aromatic rings. The Morgan fingerprint density at radius 3 is 2.96 bits per heavy atom. The summed E-state index contributed by atoms with van der Waals surface area (Å²) in [6, 6.07) is 4.47. The molecule has 0 bridgehead atoms. The van der Waals surface area contributed by atoms with Crippen LogP contribution in [0.4, 0.5) is 0 Å². The molecule has 0 atom stereocenters. The van der Waals surface area contributed by atoms with Gasteiger partial charge in [0.1, 0.15) is 17.0 Å². The average molecular weight is 382 g/mol. The molecule has 10 heteroatoms. The lowest BCUT2D eigenvalue weighted by Crippen LogP contribution is -2.25. The maximum absolute atomic E-state index is 12.4. The van der Waals surface area contributed by atoms with E-state index in [1.165, 1.54) is 25.6 Å². The molecule has 2 heterocycles. The second kappa shape index (κ2) is 7.34. The fourth-order valence-electron chi connectivity index (χ4n) is 2.32. The summed E-state index contributed by atoms with van der Waals surface area (Å²) in [5.41, 5.74) is 0.942. The van der Waals surface area contributed by atoms with E-state index in [0.717, 1.165) is 5.56 Å². The monoisotopic (exact) mass is 381 g/mol. The second-order valence-corrected chi connectivity index (χ2v) is 7.44. The van der Waals surface area contributed by atoms with Crippen LogP contribution in [0.1, 0.15) is 12.0 Å². The van der Waals surface area contributed by atoms with Crippen molar-refractivity contribution in [2.45, 2.75) is 17.7 Å². The van der Waals surface area contributed by atoms with Crippen molar-refractivity contribution in [2.75, 3.05) is 13.7 Å². The van der Waals surface area contributed by atoms with E-state index in [2.05, 4.69) is 19.8 Å². The van der Waals surface area contributed by atoms with Crippen LogP contribution >= 0.6 is 11.6 Å². The molecule has 1 aromatic carbocycles. The third-order valence-electron chi connectivity index (χ3n) is 3.54. The molecule has 0 unspecified atom stereocenters. The van der Waals surface area contributed by atoms with Crippen LogP contribution in [0.2, 0.25) is 5.02 Å². The molecule has 0 saturated carbocycles. The zero-order valence-corrected chi connectivity index (χ0v) is 15.0. The maximum Gasteiger partial charge on any atom is 0.252 e. The van der Waals surface area contributed by atoms with Gasteiger partial charge in [-0.05, 0) is 36.6 Å². The summed E-state index contributed by atoms with van der Waals surface area (Å²) in [7, 11) is -2.30. The van der Waals surface area contributed by atoms with Gasteiger partial charge in [-0.15, -0.1) is 0 Å². The number of aromatic nitrogens is 4. The lowest BCUT2D eigenvalue weighted by atomic mass is 10.2. The van der Waals surface area contributed by atoms with Gasteiger partial charge in [0.05, 0.1) is 7.11 Å². The van der Waals surface area contributed by atoms with Crippen molar-refractivity contribution < 1.29 is 13.2 Å². The molecule has 0 saturated heterocycles. The third kappa shape index (κ3) is 4.06. The minimum atomic E-state index is -3.71. The summed E-state index contributed by atoms with van der Waals surface area (Å²) < 4.78 is 34.1. The number of methoxy groups -OCH3 is 1. The van der Waals surface area contributed by atoms with Crippen LogP contribution in [0.15, 0.2) is 41.8 Å². The zero-order chi connectivity index (χ0) is 17.9. The molecule has 0 amide bonds. The Hall–Kier alpha value is -2.23. The predicted octanol–water partition coefficient (Wildman–Crippen LogP) is 1.70. The molecule has 0 aliphatic carbocycles. The van der Waals surface area contributed by atoms with Crippen LogP contribution in [0.25, 0.3) is 5.78 Å². The summed E-state index contributed by atoms with van der Waals surface area (Å²) in [6.07, 6.45) is 6.21. The van der Waals surface area contributed by atoms with Crippen molar-refractivity contribution in [2.24, 2.45) is 0 Å². The van der Waals surface area contributed by atoms with Crippen LogP contribution < -0.4 is 9.46 Å². The minimum Gasteiger partial charge on any atom is -0.495 e. The second-order valence-electron chi connectivity index (χ2n) is 5.26. The number of nitrogens with zero attached hydrogens (tertiary/aromatic N) is 4. The van der Waals surface area contributed by atoms with Gasteiger partial charge in [-0.2, -0.15) is 10.1 Å². The van der Waals surface area contributed by atoms with Gasteiger partial charge in [0.25, 0.3) is 5.78 Å². The Kier molecular flexibility index (Phi) is 5.16. The minimum absolute atomic E-state index is 0.0215. The average Bonchev–Trinajstić information content (AvgIpc) is 3.06. The smallest absolute Gasteiger partial charge is 0.252 e. The number of hydrogen-bond donors (Lipinski definition) is 1. The van der Waals surface area contributed by atoms with Crippen LogP contribution in [-0.4, -0.2) is 41.7 Å². The first-order valence-corrected chi connectivity index (χ1v) is 9.33. The van der Waals surface area contributed by atoms with Crippen LogP contribution in [0, 0.1) is 0 Å². The number of benzene rings is 1. The lowest BCUT2D eigenvalue weighted by Gasteiger charge is -2.11. The Bertz CT molecular complexity index is 990. The number of aryl methyl sites for hydroxylation is 1. The van der Waals surface area contributed by atoms with Crippen molar-refractivity contribution >= 4 is 27.4 Å². The Balaban J connectivity index is 1.61. The van der Waals surface area contributed by atoms with Crippen molar-refractivity contribution in [1.29, 1.82) is 0 Å². The highest BCUT2D eigenvalue weighted by atomic mass is 35.5. The number of sulfonamides is 1. The molecule has 1 N–H and O–H groups in total. The Labute approximate surface area is 149 Å². The molecule has 0 radical (unpaired) electrons. The quantitative estimate of drug-likeness (QED) is 0.625. The lowest BCUT2D eigenvalue weighted by molar-refractivity contribution is 0.402. The first-order chi connectivity index (χ1) is 12.0. The van der Waals surface area contributed by atoms with Gasteiger partial charge in [-0.25, -0.2) is 22.6 Å². The van der Waals surface area contributed by atoms with Crippen LogP contribution in [0.5, 0.6) is 5.75 Å². The molecule has 3 rings (SSSR count). The molecule has 25 heavy (non-hydrogen) atoms. The van der Waals surface area contributed by atoms with Crippen LogP contribution in [0.3, 0.4) is 0 Å². The molecular weight excluding hydrogens is 366 g/mol. The molecule has 132 valence electrons. The van der Waals surface area contributed by atoms with Gasteiger partial charge < -0.3 is 4.74 Å². The highest BCUT2D eigenvalue weighted by Gasteiger charge is 2.19. The number of halogens is 1. The predicted molar refractivity (Wildman–Crippen MR) is 92.3 cm³/mol. The number of nitrogens with one attached hydrogen (secondary N) is 1. The normalized spacial score (nSPS) is 11.8. The molecule has 8 nitrogen and oxygen atoms in total. The largest absolute Gasteiger partial charge is 0.495 e. The number of rotatable bonds is 7. The summed E-state index contributed by atoms with van der Waals surface area (Å²) in [5, 5.41) is 4.35. The molecular formula is C15H16ClN5O3S. The molecule has 2 aromatic heterocycles. The summed E-state index contributed by atoms with van der Waals surface area (Å²) in [5.74, 6) is 0.773. The fourth-order valence-corrected chi connectivity index (χ4v) is 3.83. The van der Waals surface area contributed by atoms with E-state index in [4.69, 9.17) is 16.3 Å².